The number of anilines is 2. The Morgan fingerprint density at radius 3 is 2.82 bits per heavy atom. The fourth-order valence-electron chi connectivity index (χ4n) is 4.04. The Bertz CT molecular complexity index is 1200. The summed E-state index contributed by atoms with van der Waals surface area (Å²) in [6.07, 6.45) is 2.52. The van der Waals surface area contributed by atoms with Crippen molar-refractivity contribution in [2.45, 2.75) is 52.6 Å². The molecule has 10 nitrogen and oxygen atoms in total. The molecule has 3 heterocycles. The van der Waals surface area contributed by atoms with Crippen molar-refractivity contribution >= 4 is 29.1 Å². The minimum absolute atomic E-state index is 0.0190. The van der Waals surface area contributed by atoms with Crippen LogP contribution in [0.3, 0.4) is 0 Å². The SMILES string of the molecule is CCOc1c(C(C)Nc2ncnc(N)c2-c2nc(C)no2)cc(Cl)c(C)c1C1CCC(=O)N1. The minimum atomic E-state index is -0.294. The topological polar surface area (TPSA) is 141 Å². The molecule has 0 saturated carbocycles. The maximum Gasteiger partial charge on any atom is 0.265 e. The second-order valence-electron chi connectivity index (χ2n) is 7.90. The smallest absolute Gasteiger partial charge is 0.265 e. The molecule has 174 valence electrons. The van der Waals surface area contributed by atoms with Crippen molar-refractivity contribution in [2.75, 3.05) is 17.7 Å². The molecule has 2 unspecified atom stereocenters. The molecule has 1 amide bonds. The van der Waals surface area contributed by atoms with Crippen LogP contribution < -0.4 is 21.1 Å². The zero-order valence-electron chi connectivity index (χ0n) is 18.9. The third-order valence-corrected chi connectivity index (χ3v) is 6.01. The van der Waals surface area contributed by atoms with Crippen molar-refractivity contribution in [3.8, 4) is 17.2 Å². The summed E-state index contributed by atoms with van der Waals surface area (Å²) in [5, 5.41) is 10.8. The predicted octanol–water partition coefficient (Wildman–Crippen LogP) is 3.90. The number of carbonyl (C=O) groups excluding carboxylic acids is 1. The van der Waals surface area contributed by atoms with E-state index in [0.717, 1.165) is 16.7 Å². The number of ether oxygens (including phenoxy) is 1. The van der Waals surface area contributed by atoms with E-state index < -0.39 is 0 Å². The van der Waals surface area contributed by atoms with Gasteiger partial charge in [-0.15, -0.1) is 0 Å². The van der Waals surface area contributed by atoms with Crippen LogP contribution in [0.1, 0.15) is 61.3 Å². The van der Waals surface area contributed by atoms with Gasteiger partial charge in [0.2, 0.25) is 5.91 Å². The number of benzene rings is 1. The number of aromatic nitrogens is 4. The molecule has 0 bridgehead atoms. The molecule has 11 heteroatoms. The number of nitrogens with two attached hydrogens (primary N) is 1. The number of halogens is 1. The van der Waals surface area contributed by atoms with Crippen LogP contribution in [0.5, 0.6) is 5.75 Å². The molecule has 0 aliphatic carbocycles. The number of amides is 1. The van der Waals surface area contributed by atoms with E-state index in [9.17, 15) is 4.79 Å². The standard InChI is InChI=1S/C22H26ClN7O3/c1-5-32-19-13(8-14(23)10(2)17(19)15-6-7-16(31)29-15)11(3)27-21-18(20(24)25-9-26-21)22-28-12(4)30-33-22/h8-9,11,15H,5-7H2,1-4H3,(H,29,31)(H3,24,25,26,27). The van der Waals surface area contributed by atoms with Crippen LogP contribution in [0.2, 0.25) is 5.02 Å². The number of nitrogens with zero attached hydrogens (tertiary/aromatic N) is 4. The molecule has 3 aromatic rings. The number of nitrogens with one attached hydrogen (secondary N) is 2. The molecular weight excluding hydrogens is 446 g/mol. The molecule has 1 aliphatic heterocycles. The average molecular weight is 472 g/mol. The molecule has 0 spiro atoms. The Kier molecular flexibility index (Phi) is 6.37. The quantitative estimate of drug-likeness (QED) is 0.467. The van der Waals surface area contributed by atoms with Gasteiger partial charge in [-0.1, -0.05) is 16.8 Å². The molecule has 2 atom stereocenters. The van der Waals surface area contributed by atoms with E-state index in [4.69, 9.17) is 26.6 Å². The van der Waals surface area contributed by atoms with E-state index in [1.807, 2.05) is 26.8 Å². The van der Waals surface area contributed by atoms with Crippen molar-refractivity contribution in [3.63, 3.8) is 0 Å². The fourth-order valence-corrected chi connectivity index (χ4v) is 4.26. The van der Waals surface area contributed by atoms with Gasteiger partial charge >= 0.3 is 0 Å². The molecule has 1 aromatic carbocycles. The van der Waals surface area contributed by atoms with E-state index in [1.165, 1.54) is 6.33 Å². The van der Waals surface area contributed by atoms with Gasteiger partial charge in [0, 0.05) is 22.6 Å². The summed E-state index contributed by atoms with van der Waals surface area (Å²) in [4.78, 5) is 24.6. The molecule has 33 heavy (non-hydrogen) atoms. The molecule has 1 saturated heterocycles. The third kappa shape index (κ3) is 4.43. The van der Waals surface area contributed by atoms with E-state index >= 15 is 0 Å². The van der Waals surface area contributed by atoms with Crippen LogP contribution >= 0.6 is 11.6 Å². The Labute approximate surface area is 196 Å². The van der Waals surface area contributed by atoms with Crippen LogP contribution in [-0.2, 0) is 4.79 Å². The average Bonchev–Trinajstić information content (AvgIpc) is 3.39. The largest absolute Gasteiger partial charge is 0.493 e. The first kappa shape index (κ1) is 22.8. The number of carbonyl (C=O) groups is 1. The highest BCUT2D eigenvalue weighted by Gasteiger charge is 2.31. The van der Waals surface area contributed by atoms with Crippen LogP contribution in [0.25, 0.3) is 11.5 Å². The Morgan fingerprint density at radius 1 is 1.39 bits per heavy atom. The maximum absolute atomic E-state index is 11.9. The summed E-state index contributed by atoms with van der Waals surface area (Å²) >= 11 is 6.63. The number of aryl methyl sites for hydroxylation is 1. The summed E-state index contributed by atoms with van der Waals surface area (Å²) < 4.78 is 11.4. The van der Waals surface area contributed by atoms with Gasteiger partial charge in [0.05, 0.1) is 18.7 Å². The van der Waals surface area contributed by atoms with Crippen LogP contribution in [0.15, 0.2) is 16.9 Å². The summed E-state index contributed by atoms with van der Waals surface area (Å²) in [6.45, 7) is 8.00. The highest BCUT2D eigenvalue weighted by Crippen LogP contribution is 2.43. The minimum Gasteiger partial charge on any atom is -0.493 e. The number of rotatable bonds is 7. The molecule has 4 rings (SSSR count). The third-order valence-electron chi connectivity index (χ3n) is 5.62. The second kappa shape index (κ2) is 9.22. The number of nitrogen functional groups attached to an aromatic ring is 1. The van der Waals surface area contributed by atoms with Crippen LogP contribution in [-0.4, -0.2) is 32.6 Å². The molecule has 4 N–H and O–H groups in total. The molecule has 1 aliphatic rings. The second-order valence-corrected chi connectivity index (χ2v) is 8.31. The first-order valence-corrected chi connectivity index (χ1v) is 11.1. The van der Waals surface area contributed by atoms with E-state index in [1.54, 1.807) is 6.92 Å². The lowest BCUT2D eigenvalue weighted by molar-refractivity contribution is -0.119. The summed E-state index contributed by atoms with van der Waals surface area (Å²) in [5.74, 6) is 2.06. The van der Waals surface area contributed by atoms with Crippen molar-refractivity contribution in [1.29, 1.82) is 0 Å². The van der Waals surface area contributed by atoms with Gasteiger partial charge in [0.25, 0.3) is 5.89 Å². The Hall–Kier alpha value is -3.40. The Morgan fingerprint density at radius 2 is 2.18 bits per heavy atom. The van der Waals surface area contributed by atoms with E-state index in [2.05, 4.69) is 30.7 Å². The highest BCUT2D eigenvalue weighted by molar-refractivity contribution is 6.31. The number of hydrogen-bond acceptors (Lipinski definition) is 9. The first-order valence-electron chi connectivity index (χ1n) is 10.7. The lowest BCUT2D eigenvalue weighted by atomic mass is 9.93. The summed E-state index contributed by atoms with van der Waals surface area (Å²) in [7, 11) is 0. The van der Waals surface area contributed by atoms with Gasteiger partial charge in [-0.2, -0.15) is 4.98 Å². The predicted molar refractivity (Wildman–Crippen MR) is 124 cm³/mol. The normalized spacial score (nSPS) is 16.5. The highest BCUT2D eigenvalue weighted by atomic mass is 35.5. The van der Waals surface area contributed by atoms with Gasteiger partial charge in [-0.3, -0.25) is 4.79 Å². The maximum atomic E-state index is 11.9. The zero-order valence-corrected chi connectivity index (χ0v) is 19.7. The molecule has 1 fully saturated rings. The monoisotopic (exact) mass is 471 g/mol. The van der Waals surface area contributed by atoms with Gasteiger partial charge in [0.15, 0.2) is 5.82 Å². The van der Waals surface area contributed by atoms with Crippen molar-refractivity contribution in [3.05, 3.63) is 39.9 Å². The molecule has 2 aromatic heterocycles. The fraction of sp³-hybridized carbons (Fsp3) is 0.409. The first-order chi connectivity index (χ1) is 15.8. The van der Waals surface area contributed by atoms with Gasteiger partial charge in [-0.25, -0.2) is 9.97 Å². The summed E-state index contributed by atoms with van der Waals surface area (Å²) in [6, 6.07) is 1.42. The van der Waals surface area contributed by atoms with Gasteiger partial charge in [-0.05, 0) is 45.7 Å². The lowest BCUT2D eigenvalue weighted by Gasteiger charge is -2.26. The van der Waals surface area contributed by atoms with Gasteiger partial charge < -0.3 is 25.6 Å². The van der Waals surface area contributed by atoms with E-state index in [-0.39, 0.29) is 29.7 Å². The van der Waals surface area contributed by atoms with Gasteiger partial charge in [0.1, 0.15) is 29.3 Å². The summed E-state index contributed by atoms with van der Waals surface area (Å²) in [5.41, 5.74) is 9.14. The van der Waals surface area contributed by atoms with E-state index in [0.29, 0.717) is 47.4 Å². The van der Waals surface area contributed by atoms with Crippen LogP contribution in [0, 0.1) is 13.8 Å². The lowest BCUT2D eigenvalue weighted by Crippen LogP contribution is -2.21. The number of hydrogen-bond donors (Lipinski definition) is 3. The molecule has 0 radical (unpaired) electrons. The molecular formula is C22H26ClN7O3. The Balaban J connectivity index is 1.77. The van der Waals surface area contributed by atoms with Crippen LogP contribution in [0.4, 0.5) is 11.6 Å². The van der Waals surface area contributed by atoms with Crippen molar-refractivity contribution in [2.24, 2.45) is 0 Å². The zero-order chi connectivity index (χ0) is 23.7. The van der Waals surface area contributed by atoms with Crippen molar-refractivity contribution in [1.82, 2.24) is 25.4 Å². The van der Waals surface area contributed by atoms with Crippen molar-refractivity contribution < 1.29 is 14.1 Å².